The molecule has 1 aliphatic rings. The van der Waals surface area contributed by atoms with Crippen molar-refractivity contribution in [3.63, 3.8) is 0 Å². The molecule has 1 saturated carbocycles. The van der Waals surface area contributed by atoms with Crippen LogP contribution >= 0.6 is 0 Å². The molecule has 8 nitrogen and oxygen atoms in total. The number of carbonyl (C=O) groups is 3. The first-order valence-corrected chi connectivity index (χ1v) is 12.0. The highest BCUT2D eigenvalue weighted by molar-refractivity contribution is 6.00. The van der Waals surface area contributed by atoms with Crippen molar-refractivity contribution in [2.24, 2.45) is 0 Å². The number of nitrogens with one attached hydrogen (secondary N) is 3. The number of hydroxylamine groups is 1. The van der Waals surface area contributed by atoms with Gasteiger partial charge in [0.2, 0.25) is 11.8 Å². The lowest BCUT2D eigenvalue weighted by atomic mass is 9.68. The molecule has 3 amide bonds. The molecule has 0 heterocycles. The van der Waals surface area contributed by atoms with Crippen LogP contribution in [0.3, 0.4) is 0 Å². The van der Waals surface area contributed by atoms with Gasteiger partial charge in [0.1, 0.15) is 0 Å². The van der Waals surface area contributed by atoms with Gasteiger partial charge >= 0.3 is 0 Å². The Morgan fingerprint density at radius 1 is 0.861 bits per heavy atom. The summed E-state index contributed by atoms with van der Waals surface area (Å²) in [6, 6.07) is 19.6. The van der Waals surface area contributed by atoms with Crippen LogP contribution in [0.15, 0.2) is 66.7 Å². The number of hydrogen-bond donors (Lipinski definition) is 5. The molecule has 0 unspecified atom stereocenters. The zero-order chi connectivity index (χ0) is 25.7. The topological polar surface area (TPSA) is 134 Å². The minimum absolute atomic E-state index is 0.0859. The standard InChI is InChI=1S/C28H30N4O4/c1-18(33)30-25-14-11-22(29)17-24(25)19-5-9-21(10-6-19)28(15-3-2-4-16-28)27(35)31-23-12-7-20(8-13-23)26(34)32-36/h5-14,17,36H,2-4,15-16,29H2,1H3,(H,30,33)(H,31,35)(H,32,34). The number of amides is 3. The molecule has 4 rings (SSSR count). The molecule has 0 atom stereocenters. The molecule has 8 heteroatoms. The van der Waals surface area contributed by atoms with E-state index in [1.54, 1.807) is 41.9 Å². The summed E-state index contributed by atoms with van der Waals surface area (Å²) in [6.45, 7) is 1.46. The summed E-state index contributed by atoms with van der Waals surface area (Å²) in [4.78, 5) is 36.9. The Balaban J connectivity index is 1.62. The Hall–Kier alpha value is -4.17. The SMILES string of the molecule is CC(=O)Nc1ccc(N)cc1-c1ccc(C2(C(=O)Nc3ccc(C(=O)NO)cc3)CCCCC2)cc1. The summed E-state index contributed by atoms with van der Waals surface area (Å²) < 4.78 is 0. The molecule has 1 aliphatic carbocycles. The highest BCUT2D eigenvalue weighted by Crippen LogP contribution is 2.41. The number of carbonyl (C=O) groups excluding carboxylic acids is 3. The van der Waals surface area contributed by atoms with E-state index in [-0.39, 0.29) is 11.8 Å². The predicted octanol–water partition coefficient (Wildman–Crippen LogP) is 4.85. The Kier molecular flexibility index (Phi) is 7.36. The van der Waals surface area contributed by atoms with Crippen LogP contribution in [0.1, 0.15) is 54.9 Å². The molecule has 1 fully saturated rings. The summed E-state index contributed by atoms with van der Waals surface area (Å²) in [5, 5.41) is 14.7. The fourth-order valence-electron chi connectivity index (χ4n) is 4.89. The Morgan fingerprint density at radius 3 is 2.14 bits per heavy atom. The van der Waals surface area contributed by atoms with Crippen LogP contribution in [0, 0.1) is 0 Å². The van der Waals surface area contributed by atoms with Crippen molar-refractivity contribution >= 4 is 34.8 Å². The van der Waals surface area contributed by atoms with Gasteiger partial charge in [-0.1, -0.05) is 43.5 Å². The maximum atomic E-state index is 13.6. The molecule has 186 valence electrons. The number of hydrogen-bond acceptors (Lipinski definition) is 5. The maximum Gasteiger partial charge on any atom is 0.274 e. The fourth-order valence-corrected chi connectivity index (χ4v) is 4.89. The van der Waals surface area contributed by atoms with Crippen LogP contribution in [0.25, 0.3) is 11.1 Å². The van der Waals surface area contributed by atoms with Gasteiger partial charge in [0.15, 0.2) is 0 Å². The van der Waals surface area contributed by atoms with Gasteiger partial charge in [0.05, 0.1) is 5.41 Å². The van der Waals surface area contributed by atoms with Gasteiger partial charge in [0, 0.05) is 35.1 Å². The van der Waals surface area contributed by atoms with Gasteiger partial charge in [0.25, 0.3) is 5.91 Å². The zero-order valence-corrected chi connectivity index (χ0v) is 20.1. The highest BCUT2D eigenvalue weighted by atomic mass is 16.5. The van der Waals surface area contributed by atoms with Crippen molar-refractivity contribution in [1.29, 1.82) is 0 Å². The first-order valence-electron chi connectivity index (χ1n) is 12.0. The normalized spacial score (nSPS) is 14.5. The van der Waals surface area contributed by atoms with Crippen molar-refractivity contribution in [3.8, 4) is 11.1 Å². The lowest BCUT2D eigenvalue weighted by molar-refractivity contribution is -0.122. The first kappa shape index (κ1) is 24.9. The van der Waals surface area contributed by atoms with E-state index in [2.05, 4.69) is 10.6 Å². The van der Waals surface area contributed by atoms with Crippen LogP contribution < -0.4 is 21.8 Å². The Labute approximate surface area is 209 Å². The van der Waals surface area contributed by atoms with E-state index in [0.29, 0.717) is 22.6 Å². The second-order valence-electron chi connectivity index (χ2n) is 9.18. The summed E-state index contributed by atoms with van der Waals surface area (Å²) >= 11 is 0. The molecule has 3 aromatic rings. The number of rotatable bonds is 6. The first-order chi connectivity index (χ1) is 17.3. The van der Waals surface area contributed by atoms with Crippen LogP contribution in [-0.2, 0) is 15.0 Å². The van der Waals surface area contributed by atoms with Crippen LogP contribution in [0.2, 0.25) is 0 Å². The van der Waals surface area contributed by atoms with Gasteiger partial charge in [-0.3, -0.25) is 19.6 Å². The third kappa shape index (κ3) is 5.23. The molecule has 0 aliphatic heterocycles. The van der Waals surface area contributed by atoms with Gasteiger partial charge in [-0.2, -0.15) is 0 Å². The molecule has 0 saturated heterocycles. The second-order valence-corrected chi connectivity index (χ2v) is 9.18. The van der Waals surface area contributed by atoms with E-state index >= 15 is 0 Å². The maximum absolute atomic E-state index is 13.6. The lowest BCUT2D eigenvalue weighted by Crippen LogP contribution is -2.42. The molecular weight excluding hydrogens is 456 g/mol. The van der Waals surface area contributed by atoms with Gasteiger partial charge in [-0.05, 0) is 66.4 Å². The third-order valence-corrected chi connectivity index (χ3v) is 6.75. The van der Waals surface area contributed by atoms with Crippen LogP contribution in [0.4, 0.5) is 17.1 Å². The van der Waals surface area contributed by atoms with Gasteiger partial charge in [-0.15, -0.1) is 0 Å². The van der Waals surface area contributed by atoms with Gasteiger partial charge < -0.3 is 16.4 Å². The van der Waals surface area contributed by atoms with Crippen molar-refractivity contribution < 1.29 is 19.6 Å². The van der Waals surface area contributed by atoms with Crippen LogP contribution in [-0.4, -0.2) is 22.9 Å². The van der Waals surface area contributed by atoms with Crippen molar-refractivity contribution in [2.75, 3.05) is 16.4 Å². The van der Waals surface area contributed by atoms with Gasteiger partial charge in [-0.25, -0.2) is 5.48 Å². The van der Waals surface area contributed by atoms with E-state index in [9.17, 15) is 14.4 Å². The largest absolute Gasteiger partial charge is 0.399 e. The molecule has 0 radical (unpaired) electrons. The van der Waals surface area contributed by atoms with E-state index in [1.165, 1.54) is 6.92 Å². The molecular formula is C28H30N4O4. The van der Waals surface area contributed by atoms with Crippen LogP contribution in [0.5, 0.6) is 0 Å². The van der Waals surface area contributed by atoms with E-state index in [1.807, 2.05) is 30.3 Å². The lowest BCUT2D eigenvalue weighted by Gasteiger charge is -2.36. The quantitative estimate of drug-likeness (QED) is 0.193. The average molecular weight is 487 g/mol. The molecule has 36 heavy (non-hydrogen) atoms. The van der Waals surface area contributed by atoms with E-state index in [4.69, 9.17) is 10.9 Å². The average Bonchev–Trinajstić information content (AvgIpc) is 2.90. The Morgan fingerprint density at radius 2 is 1.53 bits per heavy atom. The predicted molar refractivity (Wildman–Crippen MR) is 140 cm³/mol. The molecule has 0 spiro atoms. The highest BCUT2D eigenvalue weighted by Gasteiger charge is 2.41. The smallest absolute Gasteiger partial charge is 0.274 e. The summed E-state index contributed by atoms with van der Waals surface area (Å²) in [7, 11) is 0. The second kappa shape index (κ2) is 10.6. The number of nitrogen functional groups attached to an aromatic ring is 1. The number of nitrogens with two attached hydrogens (primary N) is 1. The summed E-state index contributed by atoms with van der Waals surface area (Å²) in [5.41, 5.74) is 11.7. The molecule has 6 N–H and O–H groups in total. The minimum Gasteiger partial charge on any atom is -0.399 e. The molecule has 3 aromatic carbocycles. The third-order valence-electron chi connectivity index (χ3n) is 6.75. The fraction of sp³-hybridized carbons (Fsp3) is 0.250. The summed E-state index contributed by atoms with van der Waals surface area (Å²) in [5.74, 6) is -0.865. The minimum atomic E-state index is -0.673. The molecule has 0 aromatic heterocycles. The number of anilines is 3. The monoisotopic (exact) mass is 486 g/mol. The number of benzene rings is 3. The molecule has 0 bridgehead atoms. The Bertz CT molecular complexity index is 1260. The van der Waals surface area contributed by atoms with Crippen molar-refractivity contribution in [3.05, 3.63) is 77.9 Å². The van der Waals surface area contributed by atoms with Crippen molar-refractivity contribution in [2.45, 2.75) is 44.4 Å². The summed E-state index contributed by atoms with van der Waals surface area (Å²) in [6.07, 6.45) is 4.46. The van der Waals surface area contributed by atoms with E-state index < -0.39 is 11.3 Å². The van der Waals surface area contributed by atoms with E-state index in [0.717, 1.165) is 48.8 Å². The van der Waals surface area contributed by atoms with Crippen molar-refractivity contribution in [1.82, 2.24) is 5.48 Å². The zero-order valence-electron chi connectivity index (χ0n) is 20.1.